The third-order valence-corrected chi connectivity index (χ3v) is 2.57. The molecule has 0 aliphatic heterocycles. The Balaban J connectivity index is 2.77. The van der Waals surface area contributed by atoms with E-state index in [0.29, 0.717) is 12.0 Å². The first-order valence-corrected chi connectivity index (χ1v) is 5.66. The molecule has 86 valence electrons. The second-order valence-corrected chi connectivity index (χ2v) is 4.21. The first-order chi connectivity index (χ1) is 7.54. The molecule has 1 rings (SSSR count). The quantitative estimate of drug-likeness (QED) is 0.561. The van der Waals surface area contributed by atoms with E-state index < -0.39 is 0 Å². The predicted octanol–water partition coefficient (Wildman–Crippen LogP) is 3.25. The van der Waals surface area contributed by atoms with Crippen LogP contribution in [0.2, 0.25) is 0 Å². The van der Waals surface area contributed by atoms with Crippen molar-refractivity contribution in [1.82, 2.24) is 0 Å². The van der Waals surface area contributed by atoms with Gasteiger partial charge in [0, 0.05) is 12.0 Å². The maximum Gasteiger partial charge on any atom is 0.170 e. The minimum Gasteiger partial charge on any atom is -0.299 e. The normalized spacial score (nSPS) is 10.2. The van der Waals surface area contributed by atoms with Gasteiger partial charge in [-0.15, -0.1) is 0 Å². The highest BCUT2D eigenvalue weighted by Gasteiger charge is 2.12. The average Bonchev–Trinajstić information content (AvgIpc) is 2.17. The topological polar surface area (TPSA) is 34.1 Å². The van der Waals surface area contributed by atoms with Gasteiger partial charge in [-0.05, 0) is 25.8 Å². The number of hydrogen-bond donors (Lipinski definition) is 0. The summed E-state index contributed by atoms with van der Waals surface area (Å²) in [7, 11) is 0. The minimum absolute atomic E-state index is 0.0347. The van der Waals surface area contributed by atoms with Gasteiger partial charge in [-0.3, -0.25) is 9.59 Å². The highest BCUT2D eigenvalue weighted by Crippen LogP contribution is 2.13. The standard InChI is InChI=1S/C14H18O2/c1-4-5-12(15)9-14(16)13-7-6-10(2)8-11(13)3/h6-8H,4-5,9H2,1-3H3. The first kappa shape index (κ1) is 12.6. The molecule has 0 heterocycles. The molecule has 0 spiro atoms. The molecule has 0 aromatic heterocycles. The van der Waals surface area contributed by atoms with Crippen LogP contribution >= 0.6 is 0 Å². The van der Waals surface area contributed by atoms with Gasteiger partial charge in [0.2, 0.25) is 0 Å². The summed E-state index contributed by atoms with van der Waals surface area (Å²) in [6, 6.07) is 5.69. The molecule has 0 unspecified atom stereocenters. The summed E-state index contributed by atoms with van der Waals surface area (Å²) >= 11 is 0. The molecular formula is C14H18O2. The molecule has 0 atom stereocenters. The van der Waals surface area contributed by atoms with Gasteiger partial charge >= 0.3 is 0 Å². The number of carbonyl (C=O) groups excluding carboxylic acids is 2. The molecule has 0 radical (unpaired) electrons. The molecule has 16 heavy (non-hydrogen) atoms. The highest BCUT2D eigenvalue weighted by atomic mass is 16.1. The van der Waals surface area contributed by atoms with E-state index in [0.717, 1.165) is 17.5 Å². The largest absolute Gasteiger partial charge is 0.299 e. The van der Waals surface area contributed by atoms with Crippen molar-refractivity contribution in [2.24, 2.45) is 0 Å². The SMILES string of the molecule is CCCC(=O)CC(=O)c1ccc(C)cc1C. The van der Waals surface area contributed by atoms with Gasteiger partial charge in [0.1, 0.15) is 5.78 Å². The molecule has 0 bridgehead atoms. The van der Waals surface area contributed by atoms with Crippen LogP contribution in [-0.4, -0.2) is 11.6 Å². The van der Waals surface area contributed by atoms with Gasteiger partial charge in [0.25, 0.3) is 0 Å². The van der Waals surface area contributed by atoms with Crippen molar-refractivity contribution >= 4 is 11.6 Å². The predicted molar refractivity (Wildman–Crippen MR) is 64.8 cm³/mol. The summed E-state index contributed by atoms with van der Waals surface area (Å²) in [5, 5.41) is 0. The molecule has 0 saturated heterocycles. The van der Waals surface area contributed by atoms with Crippen LogP contribution < -0.4 is 0 Å². The molecule has 2 heteroatoms. The lowest BCUT2D eigenvalue weighted by atomic mass is 9.98. The Morgan fingerprint density at radius 3 is 2.44 bits per heavy atom. The number of benzene rings is 1. The molecule has 2 nitrogen and oxygen atoms in total. The Kier molecular flexibility index (Phi) is 4.41. The number of aryl methyl sites for hydroxylation is 2. The molecule has 0 N–H and O–H groups in total. The molecule has 1 aromatic rings. The molecule has 0 aliphatic rings. The second-order valence-electron chi connectivity index (χ2n) is 4.21. The highest BCUT2D eigenvalue weighted by molar-refractivity contribution is 6.08. The van der Waals surface area contributed by atoms with Crippen LogP contribution in [0, 0.1) is 13.8 Å². The van der Waals surface area contributed by atoms with Crippen LogP contribution in [0.3, 0.4) is 0 Å². The van der Waals surface area contributed by atoms with E-state index in [1.54, 1.807) is 0 Å². The van der Waals surface area contributed by atoms with E-state index >= 15 is 0 Å². The summed E-state index contributed by atoms with van der Waals surface area (Å²) in [5.74, 6) is -0.0246. The van der Waals surface area contributed by atoms with Gasteiger partial charge < -0.3 is 0 Å². The van der Waals surface area contributed by atoms with Gasteiger partial charge in [0.05, 0.1) is 6.42 Å². The lowest BCUT2D eigenvalue weighted by Gasteiger charge is -2.05. The van der Waals surface area contributed by atoms with Crippen LogP contribution in [0.1, 0.15) is 47.7 Å². The van der Waals surface area contributed by atoms with Crippen molar-refractivity contribution < 1.29 is 9.59 Å². The number of carbonyl (C=O) groups is 2. The van der Waals surface area contributed by atoms with Crippen LogP contribution in [0.25, 0.3) is 0 Å². The van der Waals surface area contributed by atoms with Crippen LogP contribution in [-0.2, 0) is 4.79 Å². The van der Waals surface area contributed by atoms with E-state index in [1.807, 2.05) is 39.0 Å². The van der Waals surface area contributed by atoms with Crippen LogP contribution in [0.4, 0.5) is 0 Å². The number of Topliss-reactive ketones (excluding diaryl/α,β-unsaturated/α-hetero) is 2. The summed E-state index contributed by atoms with van der Waals surface area (Å²) in [6.45, 7) is 5.84. The van der Waals surface area contributed by atoms with Crippen LogP contribution in [0.15, 0.2) is 18.2 Å². The maximum absolute atomic E-state index is 11.8. The summed E-state index contributed by atoms with van der Waals surface area (Å²) in [5.41, 5.74) is 2.76. The van der Waals surface area contributed by atoms with Crippen molar-refractivity contribution in [2.75, 3.05) is 0 Å². The van der Waals surface area contributed by atoms with E-state index in [-0.39, 0.29) is 18.0 Å². The Hall–Kier alpha value is -1.44. The zero-order chi connectivity index (χ0) is 12.1. The van der Waals surface area contributed by atoms with Crippen molar-refractivity contribution in [2.45, 2.75) is 40.0 Å². The number of hydrogen-bond acceptors (Lipinski definition) is 2. The molecular weight excluding hydrogens is 200 g/mol. The monoisotopic (exact) mass is 218 g/mol. The van der Waals surface area contributed by atoms with Gasteiger partial charge in [-0.2, -0.15) is 0 Å². The Morgan fingerprint density at radius 2 is 1.88 bits per heavy atom. The Morgan fingerprint density at radius 1 is 1.19 bits per heavy atom. The molecule has 0 fully saturated rings. The number of ketones is 2. The fourth-order valence-electron chi connectivity index (χ4n) is 1.77. The zero-order valence-electron chi connectivity index (χ0n) is 10.2. The molecule has 1 aromatic carbocycles. The van der Waals surface area contributed by atoms with Gasteiger partial charge in [-0.1, -0.05) is 30.7 Å². The van der Waals surface area contributed by atoms with E-state index in [4.69, 9.17) is 0 Å². The van der Waals surface area contributed by atoms with E-state index in [2.05, 4.69) is 0 Å². The fraction of sp³-hybridized carbons (Fsp3) is 0.429. The van der Waals surface area contributed by atoms with Gasteiger partial charge in [-0.25, -0.2) is 0 Å². The lowest BCUT2D eigenvalue weighted by Crippen LogP contribution is -2.09. The molecule has 0 amide bonds. The third-order valence-electron chi connectivity index (χ3n) is 2.57. The van der Waals surface area contributed by atoms with Crippen molar-refractivity contribution in [3.05, 3.63) is 34.9 Å². The summed E-state index contributed by atoms with van der Waals surface area (Å²) < 4.78 is 0. The molecule has 0 saturated carbocycles. The second kappa shape index (κ2) is 5.59. The average molecular weight is 218 g/mol. The third kappa shape index (κ3) is 3.30. The minimum atomic E-state index is -0.0593. The Bertz CT molecular complexity index is 405. The van der Waals surface area contributed by atoms with E-state index in [9.17, 15) is 9.59 Å². The maximum atomic E-state index is 11.8. The van der Waals surface area contributed by atoms with Crippen molar-refractivity contribution in [3.8, 4) is 0 Å². The van der Waals surface area contributed by atoms with Crippen LogP contribution in [0.5, 0.6) is 0 Å². The Labute approximate surface area is 96.7 Å². The smallest absolute Gasteiger partial charge is 0.170 e. The first-order valence-electron chi connectivity index (χ1n) is 5.66. The molecule has 0 aliphatic carbocycles. The van der Waals surface area contributed by atoms with Crippen molar-refractivity contribution in [3.63, 3.8) is 0 Å². The van der Waals surface area contributed by atoms with E-state index in [1.165, 1.54) is 0 Å². The fourth-order valence-corrected chi connectivity index (χ4v) is 1.77. The number of rotatable bonds is 5. The van der Waals surface area contributed by atoms with Gasteiger partial charge in [0.15, 0.2) is 5.78 Å². The van der Waals surface area contributed by atoms with Crippen molar-refractivity contribution in [1.29, 1.82) is 0 Å². The lowest BCUT2D eigenvalue weighted by molar-refractivity contribution is -0.118. The summed E-state index contributed by atoms with van der Waals surface area (Å²) in [6.07, 6.45) is 1.34. The zero-order valence-corrected chi connectivity index (χ0v) is 10.2. The summed E-state index contributed by atoms with van der Waals surface area (Å²) in [4.78, 5) is 23.2.